The number of rotatable bonds is 5. The lowest BCUT2D eigenvalue weighted by molar-refractivity contribution is -0.122. The first-order valence-electron chi connectivity index (χ1n) is 7.48. The SMILES string of the molecule is Cc1cc(NC(=O)[C@H](C)Oc2cc(C(C)C)c(Cl)cc2C)no1. The Balaban J connectivity index is 2.11. The molecule has 0 aliphatic heterocycles. The zero-order valence-corrected chi connectivity index (χ0v) is 14.7. The van der Waals surface area contributed by atoms with E-state index in [-0.39, 0.29) is 11.8 Å². The molecule has 0 saturated heterocycles. The molecule has 1 heterocycles. The van der Waals surface area contributed by atoms with Gasteiger partial charge in [0.1, 0.15) is 11.5 Å². The van der Waals surface area contributed by atoms with Crippen molar-refractivity contribution in [3.05, 3.63) is 40.1 Å². The van der Waals surface area contributed by atoms with Crippen molar-refractivity contribution in [2.24, 2.45) is 0 Å². The zero-order valence-electron chi connectivity index (χ0n) is 13.9. The molecule has 2 rings (SSSR count). The average Bonchev–Trinajstić information content (AvgIpc) is 2.86. The summed E-state index contributed by atoms with van der Waals surface area (Å²) in [5.74, 6) is 1.63. The number of carbonyl (C=O) groups is 1. The van der Waals surface area contributed by atoms with Crippen LogP contribution in [0.4, 0.5) is 5.82 Å². The predicted molar refractivity (Wildman–Crippen MR) is 90.2 cm³/mol. The number of nitrogens with zero attached hydrogens (tertiary/aromatic N) is 1. The summed E-state index contributed by atoms with van der Waals surface area (Å²) in [5, 5.41) is 7.10. The Morgan fingerprint density at radius 3 is 2.52 bits per heavy atom. The minimum atomic E-state index is -0.674. The Bertz CT molecular complexity index is 710. The first-order valence-corrected chi connectivity index (χ1v) is 7.86. The molecule has 0 bridgehead atoms. The number of hydrogen-bond donors (Lipinski definition) is 1. The third-order valence-corrected chi connectivity index (χ3v) is 3.80. The van der Waals surface area contributed by atoms with Crippen molar-refractivity contribution >= 4 is 23.3 Å². The van der Waals surface area contributed by atoms with E-state index in [1.165, 1.54) is 0 Å². The lowest BCUT2D eigenvalue weighted by Gasteiger charge is -2.18. The van der Waals surface area contributed by atoms with Gasteiger partial charge in [-0.1, -0.05) is 30.6 Å². The molecule has 1 aromatic heterocycles. The van der Waals surface area contributed by atoms with Crippen molar-refractivity contribution in [2.75, 3.05) is 5.32 Å². The molecule has 0 aliphatic carbocycles. The first kappa shape index (κ1) is 17.3. The van der Waals surface area contributed by atoms with E-state index in [1.807, 2.05) is 19.1 Å². The molecular weight excluding hydrogens is 316 g/mol. The van der Waals surface area contributed by atoms with Gasteiger partial charge in [-0.15, -0.1) is 0 Å². The summed E-state index contributed by atoms with van der Waals surface area (Å²) in [7, 11) is 0. The number of amides is 1. The topological polar surface area (TPSA) is 64.4 Å². The van der Waals surface area contributed by atoms with Gasteiger partial charge in [-0.05, 0) is 49.9 Å². The fourth-order valence-electron chi connectivity index (χ4n) is 2.14. The fourth-order valence-corrected chi connectivity index (χ4v) is 2.57. The van der Waals surface area contributed by atoms with Crippen molar-refractivity contribution < 1.29 is 14.1 Å². The van der Waals surface area contributed by atoms with E-state index in [0.717, 1.165) is 11.1 Å². The average molecular weight is 337 g/mol. The summed E-state index contributed by atoms with van der Waals surface area (Å²) in [6.07, 6.45) is -0.674. The van der Waals surface area contributed by atoms with E-state index in [2.05, 4.69) is 24.3 Å². The van der Waals surface area contributed by atoms with E-state index in [0.29, 0.717) is 22.4 Å². The van der Waals surface area contributed by atoms with Crippen LogP contribution in [0.2, 0.25) is 5.02 Å². The molecule has 0 unspecified atom stereocenters. The highest BCUT2D eigenvalue weighted by Crippen LogP contribution is 2.32. The first-order chi connectivity index (χ1) is 10.8. The molecule has 124 valence electrons. The van der Waals surface area contributed by atoms with Gasteiger partial charge in [-0.25, -0.2) is 0 Å². The Morgan fingerprint density at radius 2 is 1.96 bits per heavy atom. The maximum atomic E-state index is 12.2. The zero-order chi connectivity index (χ0) is 17.1. The van der Waals surface area contributed by atoms with Crippen LogP contribution in [0.1, 0.15) is 43.6 Å². The number of hydrogen-bond acceptors (Lipinski definition) is 4. The second kappa shape index (κ2) is 7.04. The maximum Gasteiger partial charge on any atom is 0.266 e. The van der Waals surface area contributed by atoms with Crippen LogP contribution in [-0.4, -0.2) is 17.2 Å². The Kier molecular flexibility index (Phi) is 5.31. The van der Waals surface area contributed by atoms with Crippen LogP contribution in [0, 0.1) is 13.8 Å². The van der Waals surface area contributed by atoms with Gasteiger partial charge in [-0.2, -0.15) is 0 Å². The lowest BCUT2D eigenvalue weighted by atomic mass is 10.0. The van der Waals surface area contributed by atoms with Crippen LogP contribution < -0.4 is 10.1 Å². The molecule has 0 spiro atoms. The lowest BCUT2D eigenvalue weighted by Crippen LogP contribution is -2.30. The second-order valence-corrected chi connectivity index (χ2v) is 6.27. The molecule has 0 fully saturated rings. The van der Waals surface area contributed by atoms with Gasteiger partial charge in [0.25, 0.3) is 5.91 Å². The van der Waals surface area contributed by atoms with E-state index >= 15 is 0 Å². The molecule has 1 aromatic carbocycles. The van der Waals surface area contributed by atoms with Crippen LogP contribution in [0.15, 0.2) is 22.7 Å². The van der Waals surface area contributed by atoms with Crippen LogP contribution in [0.3, 0.4) is 0 Å². The third kappa shape index (κ3) is 4.26. The molecule has 0 saturated carbocycles. The van der Waals surface area contributed by atoms with Gasteiger partial charge in [-0.3, -0.25) is 4.79 Å². The smallest absolute Gasteiger partial charge is 0.266 e. The van der Waals surface area contributed by atoms with E-state index in [9.17, 15) is 4.79 Å². The summed E-state index contributed by atoms with van der Waals surface area (Å²) in [6.45, 7) is 9.46. The summed E-state index contributed by atoms with van der Waals surface area (Å²) < 4.78 is 10.7. The highest BCUT2D eigenvalue weighted by Gasteiger charge is 2.18. The maximum absolute atomic E-state index is 12.2. The summed E-state index contributed by atoms with van der Waals surface area (Å²) in [4.78, 5) is 12.2. The summed E-state index contributed by atoms with van der Waals surface area (Å²) in [5.41, 5.74) is 1.88. The number of anilines is 1. The largest absolute Gasteiger partial charge is 0.481 e. The number of nitrogens with one attached hydrogen (secondary N) is 1. The standard InChI is InChI=1S/C17H21ClN2O3/c1-9(2)13-8-15(10(3)6-14(13)18)22-12(5)17(21)19-16-7-11(4)23-20-16/h6-9,12H,1-5H3,(H,19,20,21)/t12-/m0/s1. The monoisotopic (exact) mass is 336 g/mol. The number of benzene rings is 1. The van der Waals surface area contributed by atoms with Gasteiger partial charge in [0.2, 0.25) is 0 Å². The van der Waals surface area contributed by atoms with Crippen molar-refractivity contribution in [1.29, 1.82) is 0 Å². The Hall–Kier alpha value is -2.01. The van der Waals surface area contributed by atoms with E-state index in [1.54, 1.807) is 19.9 Å². The van der Waals surface area contributed by atoms with Crippen molar-refractivity contribution in [2.45, 2.75) is 46.6 Å². The molecular formula is C17H21ClN2O3. The number of aromatic nitrogens is 1. The van der Waals surface area contributed by atoms with Crippen LogP contribution in [-0.2, 0) is 4.79 Å². The molecule has 23 heavy (non-hydrogen) atoms. The van der Waals surface area contributed by atoms with Gasteiger partial charge < -0.3 is 14.6 Å². The second-order valence-electron chi connectivity index (χ2n) is 5.87. The van der Waals surface area contributed by atoms with Crippen molar-refractivity contribution in [3.63, 3.8) is 0 Å². The van der Waals surface area contributed by atoms with Gasteiger partial charge in [0.15, 0.2) is 11.9 Å². The number of aryl methyl sites for hydroxylation is 2. The molecule has 1 atom stereocenters. The normalized spacial score (nSPS) is 12.3. The van der Waals surface area contributed by atoms with E-state index < -0.39 is 6.10 Å². The predicted octanol–water partition coefficient (Wildman–Crippen LogP) is 4.47. The van der Waals surface area contributed by atoms with Crippen LogP contribution in [0.25, 0.3) is 0 Å². The van der Waals surface area contributed by atoms with Crippen molar-refractivity contribution in [3.8, 4) is 5.75 Å². The molecule has 1 N–H and O–H groups in total. The molecule has 0 radical (unpaired) electrons. The highest BCUT2D eigenvalue weighted by molar-refractivity contribution is 6.31. The minimum absolute atomic E-state index is 0.271. The van der Waals surface area contributed by atoms with Gasteiger partial charge in [0, 0.05) is 11.1 Å². The summed E-state index contributed by atoms with van der Waals surface area (Å²) >= 11 is 6.25. The third-order valence-electron chi connectivity index (χ3n) is 3.47. The number of halogens is 1. The highest BCUT2D eigenvalue weighted by atomic mass is 35.5. The van der Waals surface area contributed by atoms with Gasteiger partial charge >= 0.3 is 0 Å². The fraction of sp³-hybridized carbons (Fsp3) is 0.412. The number of carbonyl (C=O) groups excluding carboxylic acids is 1. The molecule has 5 nitrogen and oxygen atoms in total. The van der Waals surface area contributed by atoms with Crippen LogP contribution in [0.5, 0.6) is 5.75 Å². The van der Waals surface area contributed by atoms with Crippen molar-refractivity contribution in [1.82, 2.24) is 5.16 Å². The summed E-state index contributed by atoms with van der Waals surface area (Å²) in [6, 6.07) is 5.40. The number of ether oxygens (including phenoxy) is 1. The van der Waals surface area contributed by atoms with Crippen LogP contribution >= 0.6 is 11.6 Å². The Morgan fingerprint density at radius 1 is 1.26 bits per heavy atom. The van der Waals surface area contributed by atoms with E-state index in [4.69, 9.17) is 20.9 Å². The molecule has 6 heteroatoms. The minimum Gasteiger partial charge on any atom is -0.481 e. The molecule has 2 aromatic rings. The van der Waals surface area contributed by atoms with Gasteiger partial charge in [0.05, 0.1) is 0 Å². The quantitative estimate of drug-likeness (QED) is 0.874. The molecule has 0 aliphatic rings. The molecule has 1 amide bonds. The Labute approximate surface area is 141 Å².